The van der Waals surface area contributed by atoms with E-state index in [-0.39, 0.29) is 0 Å². The quantitative estimate of drug-likeness (QED) is 0.428. The summed E-state index contributed by atoms with van der Waals surface area (Å²) in [4.78, 5) is 0. The number of hydrogen-bond donors (Lipinski definition) is 0. The van der Waals surface area contributed by atoms with Gasteiger partial charge < -0.3 is 0 Å². The van der Waals surface area contributed by atoms with E-state index in [1.54, 1.807) is 0 Å². The van der Waals surface area contributed by atoms with E-state index in [0.29, 0.717) is 17.7 Å². The first-order valence-corrected chi connectivity index (χ1v) is 10.5. The van der Waals surface area contributed by atoms with Gasteiger partial charge in [0, 0.05) is 11.5 Å². The van der Waals surface area contributed by atoms with Crippen molar-refractivity contribution in [1.82, 2.24) is 0 Å². The Hall–Kier alpha value is -2.15. The van der Waals surface area contributed by atoms with Gasteiger partial charge in [0.1, 0.15) is 8.42 Å². The summed E-state index contributed by atoms with van der Waals surface area (Å²) in [7, 11) is 1.89. The molecule has 1 fully saturated rings. The second kappa shape index (κ2) is 7.70. The Labute approximate surface area is 177 Å². The SMILES string of the molecule is [2H]c1cc2cc(C3CCCCC3)ccc2c(-c2cc(C([2H])(C)C([2H])([2H])[2H])cc(C)c2C)[n+]1C. The molecule has 2 aromatic carbocycles. The Morgan fingerprint density at radius 1 is 1.11 bits per heavy atom. The van der Waals surface area contributed by atoms with Gasteiger partial charge in [0.2, 0.25) is 5.69 Å². The summed E-state index contributed by atoms with van der Waals surface area (Å²) in [6, 6.07) is 12.2. The van der Waals surface area contributed by atoms with Crippen LogP contribution in [0.2, 0.25) is 0 Å². The minimum Gasteiger partial charge on any atom is -0.200 e. The molecular weight excluding hydrogens is 338 g/mol. The van der Waals surface area contributed by atoms with Crippen molar-refractivity contribution in [1.29, 1.82) is 0 Å². The van der Waals surface area contributed by atoms with Gasteiger partial charge in [0.25, 0.3) is 0 Å². The zero-order valence-corrected chi connectivity index (χ0v) is 17.5. The van der Waals surface area contributed by atoms with Crippen LogP contribution in [0.15, 0.2) is 42.6 Å². The summed E-state index contributed by atoms with van der Waals surface area (Å²) >= 11 is 0. The van der Waals surface area contributed by atoms with Gasteiger partial charge in [-0.25, -0.2) is 4.57 Å². The van der Waals surface area contributed by atoms with E-state index >= 15 is 0 Å². The summed E-state index contributed by atoms with van der Waals surface area (Å²) in [6.07, 6.45) is 6.74. The molecule has 0 N–H and O–H groups in total. The molecule has 1 unspecified atom stereocenters. The predicted molar refractivity (Wildman–Crippen MR) is 120 cm³/mol. The van der Waals surface area contributed by atoms with Crippen LogP contribution in [-0.4, -0.2) is 0 Å². The fourth-order valence-corrected chi connectivity index (χ4v) is 4.67. The van der Waals surface area contributed by atoms with E-state index in [1.807, 2.05) is 43.7 Å². The number of aryl methyl sites for hydroxylation is 1. The molecule has 1 aliphatic carbocycles. The molecule has 1 heteroatoms. The van der Waals surface area contributed by atoms with Gasteiger partial charge in [0.05, 0.1) is 10.9 Å². The molecule has 0 bridgehead atoms. The third-order valence-corrected chi connectivity index (χ3v) is 6.51. The zero-order chi connectivity index (χ0) is 24.1. The molecule has 0 radical (unpaired) electrons. The highest BCUT2D eigenvalue weighted by Crippen LogP contribution is 2.36. The van der Waals surface area contributed by atoms with Crippen molar-refractivity contribution in [2.24, 2.45) is 7.05 Å². The standard InChI is InChI=1S/C27H34N/c1-18(2)24-15-19(3)20(4)26(17-24)27-25-12-11-22(21-9-7-6-8-10-21)16-23(25)13-14-28(27)5/h11-18,21H,6-10H2,1-5H3/q+1/i1D3,14D,18D. The first-order valence-electron chi connectivity index (χ1n) is 13.0. The predicted octanol–water partition coefficient (Wildman–Crippen LogP) is 7.12. The van der Waals surface area contributed by atoms with E-state index in [2.05, 4.69) is 18.2 Å². The van der Waals surface area contributed by atoms with Crippen molar-refractivity contribution >= 4 is 10.8 Å². The Balaban J connectivity index is 1.95. The summed E-state index contributed by atoms with van der Waals surface area (Å²) in [6.45, 7) is 3.02. The third kappa shape index (κ3) is 3.48. The number of benzene rings is 2. The number of pyridine rings is 1. The van der Waals surface area contributed by atoms with Crippen molar-refractivity contribution in [3.05, 3.63) is 64.8 Å². The topological polar surface area (TPSA) is 3.88 Å². The second-order valence-corrected chi connectivity index (χ2v) is 8.45. The van der Waals surface area contributed by atoms with Crippen molar-refractivity contribution < 1.29 is 11.4 Å². The summed E-state index contributed by atoms with van der Waals surface area (Å²) in [5.74, 6) is -1.13. The molecule has 0 spiro atoms. The van der Waals surface area contributed by atoms with Crippen LogP contribution < -0.4 is 4.57 Å². The van der Waals surface area contributed by atoms with Crippen LogP contribution in [0.1, 0.15) is 86.8 Å². The molecule has 1 heterocycles. The van der Waals surface area contributed by atoms with Crippen LogP contribution in [0.4, 0.5) is 0 Å². The molecule has 4 rings (SSSR count). The van der Waals surface area contributed by atoms with Gasteiger partial charge >= 0.3 is 0 Å². The van der Waals surface area contributed by atoms with Gasteiger partial charge in [-0.2, -0.15) is 0 Å². The molecule has 3 aromatic rings. The monoisotopic (exact) mass is 377 g/mol. The van der Waals surface area contributed by atoms with Gasteiger partial charge in [0.15, 0.2) is 6.17 Å². The molecule has 146 valence electrons. The molecule has 1 saturated carbocycles. The maximum atomic E-state index is 8.64. The Bertz CT molecular complexity index is 1200. The molecule has 1 aromatic heterocycles. The van der Waals surface area contributed by atoms with Crippen LogP contribution in [0.3, 0.4) is 0 Å². The Morgan fingerprint density at radius 2 is 1.89 bits per heavy atom. The largest absolute Gasteiger partial charge is 0.220 e. The first kappa shape index (κ1) is 13.9. The second-order valence-electron chi connectivity index (χ2n) is 8.45. The summed E-state index contributed by atoms with van der Waals surface area (Å²) in [5.41, 5.74) is 5.61. The number of fused-ring (bicyclic) bond motifs is 1. The van der Waals surface area contributed by atoms with Crippen LogP contribution in [0.5, 0.6) is 0 Å². The molecule has 0 saturated heterocycles. The molecule has 28 heavy (non-hydrogen) atoms. The van der Waals surface area contributed by atoms with Crippen LogP contribution >= 0.6 is 0 Å². The Kier molecular flexibility index (Phi) is 3.83. The fraction of sp³-hybridized carbons (Fsp3) is 0.444. The molecule has 0 aliphatic heterocycles. The maximum absolute atomic E-state index is 8.64. The normalized spacial score (nSPS) is 20.6. The number of aromatic nitrogens is 1. The molecule has 0 amide bonds. The van der Waals surface area contributed by atoms with Crippen molar-refractivity contribution in [2.45, 2.75) is 71.5 Å². The third-order valence-electron chi connectivity index (χ3n) is 6.51. The van der Waals surface area contributed by atoms with E-state index in [0.717, 1.165) is 33.2 Å². The lowest BCUT2D eigenvalue weighted by Crippen LogP contribution is -2.31. The highest BCUT2D eigenvalue weighted by molar-refractivity contribution is 5.94. The minimum absolute atomic E-state index is 0.408. The van der Waals surface area contributed by atoms with Crippen molar-refractivity contribution in [2.75, 3.05) is 0 Å². The lowest BCUT2D eigenvalue weighted by molar-refractivity contribution is -0.659. The highest BCUT2D eigenvalue weighted by Gasteiger charge is 2.21. The highest BCUT2D eigenvalue weighted by atomic mass is 14.9. The average Bonchev–Trinajstić information content (AvgIpc) is 2.76. The van der Waals surface area contributed by atoms with Crippen LogP contribution in [-0.2, 0) is 7.05 Å². The van der Waals surface area contributed by atoms with E-state index in [9.17, 15) is 0 Å². The smallest absolute Gasteiger partial charge is 0.200 e. The number of nitrogens with zero attached hydrogens (tertiary/aromatic N) is 1. The molecule has 1 aliphatic rings. The van der Waals surface area contributed by atoms with Gasteiger partial charge in [-0.15, -0.1) is 0 Å². The van der Waals surface area contributed by atoms with Crippen LogP contribution in [0.25, 0.3) is 22.0 Å². The van der Waals surface area contributed by atoms with Gasteiger partial charge in [-0.05, 0) is 78.3 Å². The maximum Gasteiger partial charge on any atom is 0.220 e. The van der Waals surface area contributed by atoms with Crippen molar-refractivity contribution in [3.8, 4) is 11.3 Å². The van der Waals surface area contributed by atoms with Gasteiger partial charge in [-0.3, -0.25) is 0 Å². The average molecular weight is 378 g/mol. The van der Waals surface area contributed by atoms with Crippen LogP contribution in [0, 0.1) is 13.8 Å². The fourth-order valence-electron chi connectivity index (χ4n) is 4.67. The van der Waals surface area contributed by atoms with Crippen molar-refractivity contribution in [3.63, 3.8) is 0 Å². The summed E-state index contributed by atoms with van der Waals surface area (Å²) in [5, 5.41) is 2.09. The molecule has 1 atom stereocenters. The first-order chi connectivity index (χ1) is 15.4. The van der Waals surface area contributed by atoms with Gasteiger partial charge in [-0.1, -0.05) is 51.2 Å². The lowest BCUT2D eigenvalue weighted by Gasteiger charge is -2.22. The Morgan fingerprint density at radius 3 is 2.64 bits per heavy atom. The van der Waals surface area contributed by atoms with E-state index in [1.165, 1.54) is 44.6 Å². The zero-order valence-electron chi connectivity index (χ0n) is 22.5. The molecule has 1 nitrogen and oxygen atoms in total. The minimum atomic E-state index is -2.44. The lowest BCUT2D eigenvalue weighted by atomic mass is 9.83. The van der Waals surface area contributed by atoms with E-state index in [4.69, 9.17) is 6.85 Å². The number of rotatable bonds is 3. The summed E-state index contributed by atoms with van der Waals surface area (Å²) < 4.78 is 42.9. The van der Waals surface area contributed by atoms with E-state index < -0.39 is 12.7 Å². The number of hydrogen-bond acceptors (Lipinski definition) is 0. The molecular formula is C27H34N+.